The molecule has 1 amide bonds. The van der Waals surface area contributed by atoms with E-state index in [1.165, 1.54) is 16.9 Å². The highest BCUT2D eigenvalue weighted by Gasteiger charge is 2.25. The Hall–Kier alpha value is -1.34. The molecule has 1 aliphatic rings. The van der Waals surface area contributed by atoms with E-state index in [-0.39, 0.29) is 5.91 Å². The van der Waals surface area contributed by atoms with Crippen molar-refractivity contribution in [2.24, 2.45) is 5.92 Å². The fraction of sp³-hybridized carbons (Fsp3) is 0.571. The number of nitriles is 1. The summed E-state index contributed by atoms with van der Waals surface area (Å²) in [6.07, 6.45) is 4.85. The first-order valence-electron chi connectivity index (χ1n) is 6.54. The third kappa shape index (κ3) is 2.41. The van der Waals surface area contributed by atoms with Crippen LogP contribution in [0.25, 0.3) is 0 Å². The van der Waals surface area contributed by atoms with Crippen LogP contribution in [-0.4, -0.2) is 5.91 Å². The summed E-state index contributed by atoms with van der Waals surface area (Å²) in [7, 11) is 0. The van der Waals surface area contributed by atoms with E-state index in [2.05, 4.69) is 18.3 Å². The van der Waals surface area contributed by atoms with Crippen LogP contribution in [0.3, 0.4) is 0 Å². The SMILES string of the molecule is CCC(=O)Nc1sc2c(c1C#N)CC[C@@H](CC)C2. The average molecular weight is 262 g/mol. The number of rotatable bonds is 3. The van der Waals surface area contributed by atoms with Crippen LogP contribution >= 0.6 is 11.3 Å². The Labute approximate surface area is 112 Å². The number of hydrogen-bond donors (Lipinski definition) is 1. The van der Waals surface area contributed by atoms with Gasteiger partial charge in [0.05, 0.1) is 5.56 Å². The van der Waals surface area contributed by atoms with Crippen LogP contribution in [0.2, 0.25) is 0 Å². The van der Waals surface area contributed by atoms with Gasteiger partial charge < -0.3 is 5.32 Å². The van der Waals surface area contributed by atoms with Crippen LogP contribution < -0.4 is 5.32 Å². The van der Waals surface area contributed by atoms with E-state index in [0.29, 0.717) is 12.0 Å². The van der Waals surface area contributed by atoms with Crippen LogP contribution in [0.15, 0.2) is 0 Å². The van der Waals surface area contributed by atoms with E-state index in [1.807, 2.05) is 6.92 Å². The molecule has 0 unspecified atom stereocenters. The zero-order valence-electron chi connectivity index (χ0n) is 10.9. The zero-order chi connectivity index (χ0) is 13.1. The highest BCUT2D eigenvalue weighted by molar-refractivity contribution is 7.16. The van der Waals surface area contributed by atoms with Gasteiger partial charge in [-0.1, -0.05) is 20.3 Å². The second kappa shape index (κ2) is 5.53. The lowest BCUT2D eigenvalue weighted by molar-refractivity contribution is -0.115. The van der Waals surface area contributed by atoms with Crippen molar-refractivity contribution in [3.63, 3.8) is 0 Å². The van der Waals surface area contributed by atoms with Crippen LogP contribution in [0.1, 0.15) is 49.1 Å². The molecule has 1 aromatic rings. The third-order valence-electron chi connectivity index (χ3n) is 3.63. The predicted molar refractivity (Wildman–Crippen MR) is 73.8 cm³/mol. The van der Waals surface area contributed by atoms with Gasteiger partial charge in [0, 0.05) is 11.3 Å². The molecular formula is C14H18N2OS. The molecule has 0 saturated heterocycles. The number of anilines is 1. The average Bonchev–Trinajstić information content (AvgIpc) is 2.74. The van der Waals surface area contributed by atoms with Crippen molar-refractivity contribution in [3.05, 3.63) is 16.0 Å². The number of nitrogens with zero attached hydrogens (tertiary/aromatic N) is 1. The zero-order valence-corrected chi connectivity index (χ0v) is 11.7. The molecule has 18 heavy (non-hydrogen) atoms. The van der Waals surface area contributed by atoms with E-state index < -0.39 is 0 Å². The molecule has 1 atom stereocenters. The molecule has 1 aliphatic carbocycles. The molecule has 0 fully saturated rings. The molecule has 1 heterocycles. The molecule has 3 nitrogen and oxygen atoms in total. The Kier molecular flexibility index (Phi) is 4.03. The Morgan fingerprint density at radius 1 is 1.56 bits per heavy atom. The predicted octanol–water partition coefficient (Wildman–Crippen LogP) is 3.48. The summed E-state index contributed by atoms with van der Waals surface area (Å²) in [6, 6.07) is 2.26. The molecule has 96 valence electrons. The number of carbonyl (C=O) groups excluding carboxylic acids is 1. The van der Waals surface area contributed by atoms with Crippen LogP contribution in [-0.2, 0) is 17.6 Å². The van der Waals surface area contributed by atoms with Crippen molar-refractivity contribution in [1.82, 2.24) is 0 Å². The first kappa shape index (κ1) is 13.1. The van der Waals surface area contributed by atoms with Crippen molar-refractivity contribution in [2.75, 3.05) is 5.32 Å². The van der Waals surface area contributed by atoms with Crippen LogP contribution in [0.5, 0.6) is 0 Å². The minimum Gasteiger partial charge on any atom is -0.317 e. The lowest BCUT2D eigenvalue weighted by atomic mass is 9.86. The second-order valence-electron chi connectivity index (χ2n) is 4.74. The lowest BCUT2D eigenvalue weighted by Crippen LogP contribution is -2.12. The molecule has 0 radical (unpaired) electrons. The van der Waals surface area contributed by atoms with E-state index in [9.17, 15) is 10.1 Å². The maximum atomic E-state index is 11.5. The highest BCUT2D eigenvalue weighted by atomic mass is 32.1. The van der Waals surface area contributed by atoms with Gasteiger partial charge in [-0.3, -0.25) is 4.79 Å². The summed E-state index contributed by atoms with van der Waals surface area (Å²) in [5.74, 6) is 0.717. The first-order valence-corrected chi connectivity index (χ1v) is 7.35. The maximum Gasteiger partial charge on any atom is 0.224 e. The molecule has 2 rings (SSSR count). The largest absolute Gasteiger partial charge is 0.317 e. The van der Waals surface area contributed by atoms with Gasteiger partial charge in [0.1, 0.15) is 11.1 Å². The van der Waals surface area contributed by atoms with Gasteiger partial charge in [-0.15, -0.1) is 11.3 Å². The molecule has 4 heteroatoms. The molecule has 0 aromatic carbocycles. The summed E-state index contributed by atoms with van der Waals surface area (Å²) in [4.78, 5) is 12.8. The smallest absolute Gasteiger partial charge is 0.224 e. The fourth-order valence-electron chi connectivity index (χ4n) is 2.42. The van der Waals surface area contributed by atoms with Crippen molar-refractivity contribution in [1.29, 1.82) is 5.26 Å². The van der Waals surface area contributed by atoms with E-state index in [1.54, 1.807) is 11.3 Å². The first-order chi connectivity index (χ1) is 8.69. The number of amides is 1. The van der Waals surface area contributed by atoms with Crippen LogP contribution in [0.4, 0.5) is 5.00 Å². The quantitative estimate of drug-likeness (QED) is 0.906. The molecule has 0 spiro atoms. The maximum absolute atomic E-state index is 11.5. The van der Waals surface area contributed by atoms with Crippen molar-refractivity contribution in [2.45, 2.75) is 46.0 Å². The summed E-state index contributed by atoms with van der Waals surface area (Å²) >= 11 is 1.59. The van der Waals surface area contributed by atoms with E-state index in [0.717, 1.165) is 30.2 Å². The van der Waals surface area contributed by atoms with E-state index in [4.69, 9.17) is 0 Å². The highest BCUT2D eigenvalue weighted by Crippen LogP contribution is 2.39. The standard InChI is InChI=1S/C14H18N2OS/c1-3-9-5-6-10-11(8-15)14(16-13(17)4-2)18-12(10)7-9/h9H,3-7H2,1-2H3,(H,16,17)/t9-/m1/s1. The summed E-state index contributed by atoms with van der Waals surface area (Å²) < 4.78 is 0. The minimum absolute atomic E-state index is 0.0165. The van der Waals surface area contributed by atoms with Crippen LogP contribution in [0, 0.1) is 17.2 Å². The molecule has 1 N–H and O–H groups in total. The van der Waals surface area contributed by atoms with Crippen molar-refractivity contribution in [3.8, 4) is 6.07 Å². The van der Waals surface area contributed by atoms with Crippen molar-refractivity contribution < 1.29 is 4.79 Å². The summed E-state index contributed by atoms with van der Waals surface area (Å²) in [6.45, 7) is 4.04. The third-order valence-corrected chi connectivity index (χ3v) is 4.80. The monoisotopic (exact) mass is 262 g/mol. The lowest BCUT2D eigenvalue weighted by Gasteiger charge is -2.20. The summed E-state index contributed by atoms with van der Waals surface area (Å²) in [5.41, 5.74) is 1.88. The second-order valence-corrected chi connectivity index (χ2v) is 5.84. The van der Waals surface area contributed by atoms with Gasteiger partial charge in [0.15, 0.2) is 0 Å². The molecule has 0 saturated carbocycles. The molecule has 1 aromatic heterocycles. The van der Waals surface area contributed by atoms with Crippen molar-refractivity contribution >= 4 is 22.2 Å². The number of nitrogens with one attached hydrogen (secondary N) is 1. The Morgan fingerprint density at radius 2 is 2.33 bits per heavy atom. The Balaban J connectivity index is 2.31. The number of hydrogen-bond acceptors (Lipinski definition) is 3. The minimum atomic E-state index is -0.0165. The van der Waals surface area contributed by atoms with Gasteiger partial charge in [-0.2, -0.15) is 5.26 Å². The Morgan fingerprint density at radius 3 is 2.94 bits per heavy atom. The Bertz CT molecular complexity index is 499. The van der Waals surface area contributed by atoms with Gasteiger partial charge in [0.2, 0.25) is 5.91 Å². The molecule has 0 bridgehead atoms. The fourth-order valence-corrected chi connectivity index (χ4v) is 3.75. The van der Waals surface area contributed by atoms with Gasteiger partial charge in [-0.25, -0.2) is 0 Å². The van der Waals surface area contributed by atoms with Gasteiger partial charge in [0.25, 0.3) is 0 Å². The number of fused-ring (bicyclic) bond motifs is 1. The number of carbonyl (C=O) groups is 1. The molecular weight excluding hydrogens is 244 g/mol. The number of thiophene rings is 1. The van der Waals surface area contributed by atoms with E-state index >= 15 is 0 Å². The normalized spacial score (nSPS) is 17.9. The topological polar surface area (TPSA) is 52.9 Å². The van der Waals surface area contributed by atoms with Gasteiger partial charge in [-0.05, 0) is 30.7 Å². The summed E-state index contributed by atoms with van der Waals surface area (Å²) in [5, 5.41) is 12.9. The molecule has 0 aliphatic heterocycles. The van der Waals surface area contributed by atoms with Gasteiger partial charge >= 0.3 is 0 Å².